The van der Waals surface area contributed by atoms with E-state index in [0.29, 0.717) is 12.1 Å². The fourth-order valence-electron chi connectivity index (χ4n) is 3.77. The highest BCUT2D eigenvalue weighted by molar-refractivity contribution is 6.07. The number of rotatable bonds is 9. The quantitative estimate of drug-likeness (QED) is 0.458. The first-order chi connectivity index (χ1) is 13.6. The summed E-state index contributed by atoms with van der Waals surface area (Å²) in [6.45, 7) is 6.50. The Morgan fingerprint density at radius 1 is 1.18 bits per heavy atom. The maximum atomic E-state index is 13.1. The van der Waals surface area contributed by atoms with Crippen molar-refractivity contribution in [3.8, 4) is 0 Å². The molecule has 0 aromatic heterocycles. The summed E-state index contributed by atoms with van der Waals surface area (Å²) >= 11 is 0. The minimum atomic E-state index is -0.324. The van der Waals surface area contributed by atoms with E-state index in [9.17, 15) is 9.18 Å². The van der Waals surface area contributed by atoms with Crippen LogP contribution in [0, 0.1) is 5.82 Å². The first kappa shape index (κ1) is 20.3. The van der Waals surface area contributed by atoms with E-state index in [2.05, 4.69) is 36.7 Å². The molecule has 0 spiro atoms. The molecular formula is C24H29FN2O. The van der Waals surface area contributed by atoms with Gasteiger partial charge in [-0.25, -0.2) is 4.39 Å². The van der Waals surface area contributed by atoms with Crippen LogP contribution in [0.2, 0.25) is 0 Å². The van der Waals surface area contributed by atoms with Crippen molar-refractivity contribution in [3.63, 3.8) is 0 Å². The van der Waals surface area contributed by atoms with Gasteiger partial charge in [0.05, 0.1) is 0 Å². The van der Waals surface area contributed by atoms with Gasteiger partial charge in [0.1, 0.15) is 5.82 Å². The van der Waals surface area contributed by atoms with Crippen LogP contribution in [0.3, 0.4) is 0 Å². The zero-order chi connectivity index (χ0) is 19.9. The average Bonchev–Trinajstić information content (AvgIpc) is 3.11. The minimum Gasteiger partial charge on any atom is -0.308 e. The van der Waals surface area contributed by atoms with Crippen LogP contribution in [-0.2, 0) is 12.8 Å². The Balaban J connectivity index is 1.53. The van der Waals surface area contributed by atoms with Gasteiger partial charge in [0.15, 0.2) is 0 Å². The number of likely N-dealkylation sites (N-methyl/N-ethyl adjacent to an activating group) is 1. The van der Waals surface area contributed by atoms with Crippen molar-refractivity contribution in [2.75, 3.05) is 31.6 Å². The monoisotopic (exact) mass is 380 g/mol. The summed E-state index contributed by atoms with van der Waals surface area (Å²) in [4.78, 5) is 16.8. The number of halogens is 1. The van der Waals surface area contributed by atoms with Crippen LogP contribution in [-0.4, -0.2) is 37.5 Å². The standard InChI is InChI=1S/C24H29FN2O/c1-3-15-26(2)16-6-4-5-7-19-8-13-23-21(18-19)14-17-27(23)24(28)20-9-11-22(25)12-10-20/h3,8-13,18H,1,4-7,14-17H2,2H3. The van der Waals surface area contributed by atoms with Gasteiger partial charge < -0.3 is 9.80 Å². The van der Waals surface area contributed by atoms with Crippen molar-refractivity contribution in [2.24, 2.45) is 0 Å². The fraction of sp³-hybridized carbons (Fsp3) is 0.375. The number of anilines is 1. The third-order valence-corrected chi connectivity index (χ3v) is 5.32. The predicted octanol–water partition coefficient (Wildman–Crippen LogP) is 4.86. The largest absolute Gasteiger partial charge is 0.308 e. The van der Waals surface area contributed by atoms with Crippen molar-refractivity contribution in [3.05, 3.63) is 77.6 Å². The number of fused-ring (bicyclic) bond motifs is 1. The second kappa shape index (κ2) is 9.65. The van der Waals surface area contributed by atoms with Gasteiger partial charge in [0.25, 0.3) is 5.91 Å². The van der Waals surface area contributed by atoms with Gasteiger partial charge in [-0.3, -0.25) is 4.79 Å². The Morgan fingerprint density at radius 3 is 2.71 bits per heavy atom. The Morgan fingerprint density at radius 2 is 1.96 bits per heavy atom. The Hall–Kier alpha value is -2.46. The van der Waals surface area contributed by atoms with Crippen molar-refractivity contribution in [1.29, 1.82) is 0 Å². The summed E-state index contributed by atoms with van der Waals surface area (Å²) in [7, 11) is 2.13. The van der Waals surface area contributed by atoms with Crippen molar-refractivity contribution in [1.82, 2.24) is 4.90 Å². The molecule has 0 atom stereocenters. The van der Waals surface area contributed by atoms with E-state index in [4.69, 9.17) is 0 Å². The fourth-order valence-corrected chi connectivity index (χ4v) is 3.77. The first-order valence-corrected chi connectivity index (χ1v) is 10.1. The SMILES string of the molecule is C=CCN(C)CCCCCc1ccc2c(c1)CCN2C(=O)c1ccc(F)cc1. The Kier molecular flexibility index (Phi) is 6.99. The van der Waals surface area contributed by atoms with Crippen molar-refractivity contribution < 1.29 is 9.18 Å². The van der Waals surface area contributed by atoms with Crippen LogP contribution in [0.4, 0.5) is 10.1 Å². The number of aryl methyl sites for hydroxylation is 1. The van der Waals surface area contributed by atoms with Crippen molar-refractivity contribution in [2.45, 2.75) is 32.1 Å². The molecule has 3 rings (SSSR count). The molecular weight excluding hydrogens is 351 g/mol. The summed E-state index contributed by atoms with van der Waals surface area (Å²) < 4.78 is 13.1. The molecule has 1 aliphatic heterocycles. The van der Waals surface area contributed by atoms with Gasteiger partial charge in [-0.15, -0.1) is 6.58 Å². The number of hydrogen-bond acceptors (Lipinski definition) is 2. The summed E-state index contributed by atoms with van der Waals surface area (Å²) in [6.07, 6.45) is 7.49. The van der Waals surface area contributed by atoms with E-state index >= 15 is 0 Å². The van der Waals surface area contributed by atoms with Crippen LogP contribution >= 0.6 is 0 Å². The van der Waals surface area contributed by atoms with Crippen LogP contribution < -0.4 is 4.90 Å². The highest BCUT2D eigenvalue weighted by Crippen LogP contribution is 2.30. The summed E-state index contributed by atoms with van der Waals surface area (Å²) in [5, 5.41) is 0. The van der Waals surface area contributed by atoms with E-state index in [1.165, 1.54) is 42.5 Å². The highest BCUT2D eigenvalue weighted by atomic mass is 19.1. The lowest BCUT2D eigenvalue weighted by molar-refractivity contribution is 0.0989. The first-order valence-electron chi connectivity index (χ1n) is 10.1. The molecule has 1 amide bonds. The molecule has 0 saturated heterocycles. The maximum absolute atomic E-state index is 13.1. The number of amides is 1. The normalized spacial score (nSPS) is 13.0. The number of nitrogens with zero attached hydrogens (tertiary/aromatic N) is 2. The lowest BCUT2D eigenvalue weighted by atomic mass is 10.0. The van der Waals surface area contributed by atoms with Gasteiger partial charge in [-0.05, 0) is 80.7 Å². The van der Waals surface area contributed by atoms with Crippen LogP contribution in [0.5, 0.6) is 0 Å². The van der Waals surface area contributed by atoms with Crippen LogP contribution in [0.15, 0.2) is 55.1 Å². The van der Waals surface area contributed by atoms with E-state index in [1.807, 2.05) is 11.0 Å². The molecule has 0 N–H and O–H groups in total. The highest BCUT2D eigenvalue weighted by Gasteiger charge is 2.25. The number of carbonyl (C=O) groups is 1. The lowest BCUT2D eigenvalue weighted by Gasteiger charge is -2.18. The topological polar surface area (TPSA) is 23.6 Å². The zero-order valence-corrected chi connectivity index (χ0v) is 16.7. The van der Waals surface area contributed by atoms with E-state index in [1.54, 1.807) is 12.1 Å². The molecule has 3 nitrogen and oxygen atoms in total. The molecule has 0 fully saturated rings. The second-order valence-electron chi connectivity index (χ2n) is 7.54. The minimum absolute atomic E-state index is 0.0601. The van der Waals surface area contributed by atoms with E-state index in [0.717, 1.165) is 31.6 Å². The van der Waals surface area contributed by atoms with Crippen LogP contribution in [0.25, 0.3) is 0 Å². The van der Waals surface area contributed by atoms with Gasteiger partial charge in [0.2, 0.25) is 0 Å². The smallest absolute Gasteiger partial charge is 0.258 e. The van der Waals surface area contributed by atoms with Crippen molar-refractivity contribution >= 4 is 11.6 Å². The van der Waals surface area contributed by atoms with Gasteiger partial charge in [0, 0.05) is 24.3 Å². The number of carbonyl (C=O) groups excluding carboxylic acids is 1. The summed E-state index contributed by atoms with van der Waals surface area (Å²) in [5.74, 6) is -0.384. The summed E-state index contributed by atoms with van der Waals surface area (Å²) in [5.41, 5.74) is 4.09. The van der Waals surface area contributed by atoms with E-state index < -0.39 is 0 Å². The second-order valence-corrected chi connectivity index (χ2v) is 7.54. The average molecular weight is 381 g/mol. The van der Waals surface area contributed by atoms with E-state index in [-0.39, 0.29) is 11.7 Å². The molecule has 0 unspecified atom stereocenters. The van der Waals surface area contributed by atoms with Gasteiger partial charge >= 0.3 is 0 Å². The number of benzene rings is 2. The lowest BCUT2D eigenvalue weighted by Crippen LogP contribution is -2.28. The molecule has 0 saturated carbocycles. The molecule has 2 aromatic rings. The third-order valence-electron chi connectivity index (χ3n) is 5.32. The third kappa shape index (κ3) is 5.08. The maximum Gasteiger partial charge on any atom is 0.258 e. The van der Waals surface area contributed by atoms with Crippen LogP contribution in [0.1, 0.15) is 40.7 Å². The molecule has 148 valence electrons. The Labute approximate surface area is 167 Å². The molecule has 0 bridgehead atoms. The molecule has 2 aromatic carbocycles. The molecule has 28 heavy (non-hydrogen) atoms. The molecule has 1 aliphatic rings. The Bertz CT molecular complexity index is 816. The molecule has 0 radical (unpaired) electrons. The number of unbranched alkanes of at least 4 members (excludes halogenated alkanes) is 2. The predicted molar refractivity (Wildman–Crippen MR) is 113 cm³/mol. The molecule has 0 aliphatic carbocycles. The van der Waals surface area contributed by atoms with Gasteiger partial charge in [-0.2, -0.15) is 0 Å². The molecule has 4 heteroatoms. The summed E-state index contributed by atoms with van der Waals surface area (Å²) in [6, 6.07) is 12.2. The van der Waals surface area contributed by atoms with Gasteiger partial charge in [-0.1, -0.05) is 24.6 Å². The number of hydrogen-bond donors (Lipinski definition) is 0. The molecule has 1 heterocycles. The zero-order valence-electron chi connectivity index (χ0n) is 16.7.